The molecule has 2 nitrogen and oxygen atoms in total. The molecule has 1 aromatic rings. The molecular weight excluding hydrogens is 254 g/mol. The van der Waals surface area contributed by atoms with E-state index in [4.69, 9.17) is 0 Å². The van der Waals surface area contributed by atoms with E-state index >= 15 is 0 Å². The summed E-state index contributed by atoms with van der Waals surface area (Å²) in [4.78, 5) is 0. The molecule has 0 heterocycles. The van der Waals surface area contributed by atoms with Crippen molar-refractivity contribution in [3.8, 4) is 0 Å². The van der Waals surface area contributed by atoms with Crippen LogP contribution in [0.3, 0.4) is 0 Å². The molecule has 108 valence electrons. The molecule has 3 unspecified atom stereocenters. The summed E-state index contributed by atoms with van der Waals surface area (Å²) in [7, 11) is -0.782. The van der Waals surface area contributed by atoms with Crippen molar-refractivity contribution in [3.63, 3.8) is 0 Å². The van der Waals surface area contributed by atoms with Crippen molar-refractivity contribution in [2.75, 3.05) is 12.3 Å². The fourth-order valence-electron chi connectivity index (χ4n) is 2.37. The number of nitrogens with one attached hydrogen (secondary N) is 1. The van der Waals surface area contributed by atoms with Gasteiger partial charge in [-0.25, -0.2) is 0 Å². The zero-order valence-corrected chi connectivity index (χ0v) is 13.4. The molecular formula is C16H27NOS. The van der Waals surface area contributed by atoms with Crippen LogP contribution in [0.1, 0.15) is 45.7 Å². The van der Waals surface area contributed by atoms with Gasteiger partial charge in [-0.15, -0.1) is 0 Å². The maximum atomic E-state index is 12.5. The van der Waals surface area contributed by atoms with Crippen LogP contribution in [0.2, 0.25) is 0 Å². The summed E-state index contributed by atoms with van der Waals surface area (Å²) >= 11 is 0. The second-order valence-electron chi connectivity index (χ2n) is 5.33. The quantitative estimate of drug-likeness (QED) is 0.790. The molecule has 0 bridgehead atoms. The Bertz CT molecular complexity index is 378. The highest BCUT2D eigenvalue weighted by molar-refractivity contribution is 7.85. The molecule has 0 saturated heterocycles. The number of rotatable bonds is 8. The van der Waals surface area contributed by atoms with Crippen molar-refractivity contribution >= 4 is 10.8 Å². The zero-order valence-electron chi connectivity index (χ0n) is 12.6. The van der Waals surface area contributed by atoms with E-state index in [1.165, 1.54) is 5.56 Å². The van der Waals surface area contributed by atoms with Crippen molar-refractivity contribution in [2.45, 2.75) is 45.4 Å². The summed E-state index contributed by atoms with van der Waals surface area (Å²) in [5.41, 5.74) is 1.24. The summed E-state index contributed by atoms with van der Waals surface area (Å²) in [6.45, 7) is 9.41. The largest absolute Gasteiger partial charge is 0.309 e. The molecule has 0 saturated carbocycles. The van der Waals surface area contributed by atoms with Crippen molar-refractivity contribution in [1.29, 1.82) is 0 Å². The molecule has 0 radical (unpaired) electrons. The minimum Gasteiger partial charge on any atom is -0.309 e. The molecule has 1 aromatic carbocycles. The Balaban J connectivity index is 2.92. The van der Waals surface area contributed by atoms with E-state index in [1.807, 2.05) is 6.07 Å². The fraction of sp³-hybridized carbons (Fsp3) is 0.625. The first-order chi connectivity index (χ1) is 9.10. The standard InChI is InChI=1S/C16H27NOS/c1-5-15(19(18)12-13(3)4)16(17-6-2)14-10-8-7-9-11-14/h7-11,13,15-17H,5-6,12H2,1-4H3. The van der Waals surface area contributed by atoms with Crippen LogP contribution in [0.5, 0.6) is 0 Å². The summed E-state index contributed by atoms with van der Waals surface area (Å²) in [5, 5.41) is 3.70. The van der Waals surface area contributed by atoms with Gasteiger partial charge in [0.25, 0.3) is 0 Å². The number of benzene rings is 1. The molecule has 3 atom stereocenters. The SMILES string of the molecule is CCNC(c1ccccc1)C(CC)S(=O)CC(C)C. The monoisotopic (exact) mass is 281 g/mol. The van der Waals surface area contributed by atoms with Gasteiger partial charge in [-0.1, -0.05) is 58.0 Å². The smallest absolute Gasteiger partial charge is 0.0540 e. The van der Waals surface area contributed by atoms with Gasteiger partial charge in [0.15, 0.2) is 0 Å². The van der Waals surface area contributed by atoms with Gasteiger partial charge in [0, 0.05) is 22.6 Å². The van der Waals surface area contributed by atoms with Crippen LogP contribution < -0.4 is 5.32 Å². The molecule has 1 rings (SSSR count). The average Bonchev–Trinajstić information content (AvgIpc) is 2.39. The van der Waals surface area contributed by atoms with E-state index in [0.29, 0.717) is 5.92 Å². The third-order valence-electron chi connectivity index (χ3n) is 3.19. The van der Waals surface area contributed by atoms with Crippen LogP contribution in [0.15, 0.2) is 30.3 Å². The van der Waals surface area contributed by atoms with Crippen molar-refractivity contribution in [3.05, 3.63) is 35.9 Å². The predicted octanol–water partition coefficient (Wildman–Crippen LogP) is 3.52. The highest BCUT2D eigenvalue weighted by Gasteiger charge is 2.26. The Morgan fingerprint density at radius 3 is 2.26 bits per heavy atom. The maximum absolute atomic E-state index is 12.5. The van der Waals surface area contributed by atoms with E-state index < -0.39 is 10.8 Å². The van der Waals surface area contributed by atoms with Gasteiger partial charge in [0.2, 0.25) is 0 Å². The lowest BCUT2D eigenvalue weighted by Gasteiger charge is -2.27. The summed E-state index contributed by atoms with van der Waals surface area (Å²) in [6, 6.07) is 10.6. The number of hydrogen-bond acceptors (Lipinski definition) is 2. The Kier molecular flexibility index (Phi) is 7.32. The normalized spacial score (nSPS) is 16.3. The van der Waals surface area contributed by atoms with Gasteiger partial charge in [0.1, 0.15) is 0 Å². The van der Waals surface area contributed by atoms with Gasteiger partial charge in [-0.3, -0.25) is 4.21 Å². The van der Waals surface area contributed by atoms with Gasteiger partial charge < -0.3 is 5.32 Å². The second-order valence-corrected chi connectivity index (χ2v) is 7.03. The first-order valence-electron chi connectivity index (χ1n) is 7.25. The highest BCUT2D eigenvalue weighted by atomic mass is 32.2. The van der Waals surface area contributed by atoms with Crippen LogP contribution in [-0.4, -0.2) is 21.8 Å². The molecule has 0 aliphatic rings. The van der Waals surface area contributed by atoms with Gasteiger partial charge in [-0.2, -0.15) is 0 Å². The molecule has 3 heteroatoms. The second kappa shape index (κ2) is 8.49. The maximum Gasteiger partial charge on any atom is 0.0540 e. The van der Waals surface area contributed by atoms with Crippen LogP contribution in [-0.2, 0) is 10.8 Å². The summed E-state index contributed by atoms with van der Waals surface area (Å²) < 4.78 is 12.5. The molecule has 0 aromatic heterocycles. The van der Waals surface area contributed by atoms with Crippen LogP contribution >= 0.6 is 0 Å². The minimum absolute atomic E-state index is 0.185. The lowest BCUT2D eigenvalue weighted by Crippen LogP contribution is -2.36. The third-order valence-corrected chi connectivity index (χ3v) is 5.47. The van der Waals surface area contributed by atoms with Crippen LogP contribution in [0.4, 0.5) is 0 Å². The van der Waals surface area contributed by atoms with Crippen molar-refractivity contribution in [2.24, 2.45) is 5.92 Å². The van der Waals surface area contributed by atoms with E-state index in [-0.39, 0.29) is 11.3 Å². The average molecular weight is 281 g/mol. The van der Waals surface area contributed by atoms with Crippen LogP contribution in [0, 0.1) is 5.92 Å². The minimum atomic E-state index is -0.782. The van der Waals surface area contributed by atoms with E-state index in [1.54, 1.807) is 0 Å². The van der Waals surface area contributed by atoms with E-state index in [0.717, 1.165) is 18.7 Å². The van der Waals surface area contributed by atoms with E-state index in [2.05, 4.69) is 57.3 Å². The predicted molar refractivity (Wildman–Crippen MR) is 84.8 cm³/mol. The first kappa shape index (κ1) is 16.4. The zero-order chi connectivity index (χ0) is 14.3. The lowest BCUT2D eigenvalue weighted by atomic mass is 10.0. The molecule has 19 heavy (non-hydrogen) atoms. The molecule has 0 fully saturated rings. The topological polar surface area (TPSA) is 29.1 Å². The Morgan fingerprint density at radius 2 is 1.79 bits per heavy atom. The molecule has 1 N–H and O–H groups in total. The third kappa shape index (κ3) is 5.07. The highest BCUT2D eigenvalue weighted by Crippen LogP contribution is 2.24. The Hall–Kier alpha value is -0.670. The lowest BCUT2D eigenvalue weighted by molar-refractivity contribution is 0.507. The van der Waals surface area contributed by atoms with Crippen molar-refractivity contribution in [1.82, 2.24) is 5.32 Å². The Labute approximate surface area is 120 Å². The molecule has 0 spiro atoms. The van der Waals surface area contributed by atoms with Gasteiger partial charge in [-0.05, 0) is 24.4 Å². The van der Waals surface area contributed by atoms with E-state index in [9.17, 15) is 4.21 Å². The Morgan fingerprint density at radius 1 is 1.16 bits per heavy atom. The molecule has 0 amide bonds. The van der Waals surface area contributed by atoms with Gasteiger partial charge in [0.05, 0.1) is 5.25 Å². The summed E-state index contributed by atoms with van der Waals surface area (Å²) in [6.07, 6.45) is 0.936. The first-order valence-corrected chi connectivity index (χ1v) is 8.63. The van der Waals surface area contributed by atoms with Crippen molar-refractivity contribution < 1.29 is 4.21 Å². The summed E-state index contributed by atoms with van der Waals surface area (Å²) in [5.74, 6) is 1.26. The van der Waals surface area contributed by atoms with Gasteiger partial charge >= 0.3 is 0 Å². The molecule has 0 aliphatic carbocycles. The molecule has 0 aliphatic heterocycles. The number of hydrogen-bond donors (Lipinski definition) is 1. The van der Waals surface area contributed by atoms with Crippen LogP contribution in [0.25, 0.3) is 0 Å². The fourth-order valence-corrected chi connectivity index (χ4v) is 4.20.